The van der Waals surface area contributed by atoms with Crippen LogP contribution in [0.1, 0.15) is 12.5 Å². The first kappa shape index (κ1) is 12.6. The maximum Gasteiger partial charge on any atom is 0.345 e. The first-order valence-corrected chi connectivity index (χ1v) is 5.41. The van der Waals surface area contributed by atoms with Crippen molar-refractivity contribution in [2.45, 2.75) is 13.3 Å². The van der Waals surface area contributed by atoms with E-state index < -0.39 is 5.97 Å². The van der Waals surface area contributed by atoms with Crippen LogP contribution >= 0.6 is 12.2 Å². The summed E-state index contributed by atoms with van der Waals surface area (Å²) in [6.45, 7) is 2.09. The molecule has 0 saturated heterocycles. The largest absolute Gasteiger partial charge is 0.496 e. The highest BCUT2D eigenvalue weighted by atomic mass is 32.1. The van der Waals surface area contributed by atoms with E-state index in [2.05, 4.69) is 0 Å². The lowest BCUT2D eigenvalue weighted by molar-refractivity contribution is -0.134. The summed E-state index contributed by atoms with van der Waals surface area (Å²) in [5, 5.41) is 0. The normalized spacial score (nSPS) is 9.62. The maximum atomic E-state index is 11.3. The van der Waals surface area contributed by atoms with E-state index in [4.69, 9.17) is 21.7 Å². The van der Waals surface area contributed by atoms with E-state index in [9.17, 15) is 4.79 Å². The zero-order valence-corrected chi connectivity index (χ0v) is 10.2. The summed E-state index contributed by atoms with van der Waals surface area (Å²) >= 11 is 5.00. The van der Waals surface area contributed by atoms with Gasteiger partial charge in [0.15, 0.2) is 0 Å². The molecule has 0 spiro atoms. The number of rotatable bonds is 5. The molecule has 0 aliphatic heterocycles. The van der Waals surface area contributed by atoms with E-state index in [-0.39, 0.29) is 4.86 Å². The predicted molar refractivity (Wildman–Crippen MR) is 65.9 cm³/mol. The molecule has 0 amide bonds. The van der Waals surface area contributed by atoms with E-state index >= 15 is 0 Å². The van der Waals surface area contributed by atoms with Crippen LogP contribution in [0.4, 0.5) is 0 Å². The Bertz CT molecular complexity index is 388. The minimum absolute atomic E-state index is 0.270. The second-order valence-electron chi connectivity index (χ2n) is 3.13. The van der Waals surface area contributed by atoms with Gasteiger partial charge in [0.05, 0.1) is 13.7 Å². The van der Waals surface area contributed by atoms with Gasteiger partial charge in [0, 0.05) is 6.42 Å². The molecule has 1 aromatic rings. The van der Waals surface area contributed by atoms with Crippen molar-refractivity contribution in [1.29, 1.82) is 0 Å². The fourth-order valence-corrected chi connectivity index (χ4v) is 1.52. The van der Waals surface area contributed by atoms with Gasteiger partial charge in [-0.2, -0.15) is 0 Å². The van der Waals surface area contributed by atoms with Crippen LogP contribution in [0.15, 0.2) is 24.3 Å². The van der Waals surface area contributed by atoms with E-state index in [0.29, 0.717) is 13.0 Å². The van der Waals surface area contributed by atoms with Crippen LogP contribution in [0.3, 0.4) is 0 Å². The molecule has 1 aromatic carbocycles. The lowest BCUT2D eigenvalue weighted by atomic mass is 10.1. The number of carbonyl (C=O) groups excluding carboxylic acids is 1. The number of hydrogen-bond acceptors (Lipinski definition) is 4. The van der Waals surface area contributed by atoms with Crippen LogP contribution in [0.25, 0.3) is 0 Å². The van der Waals surface area contributed by atoms with Gasteiger partial charge in [0.2, 0.25) is 0 Å². The maximum absolute atomic E-state index is 11.3. The molecule has 0 unspecified atom stereocenters. The van der Waals surface area contributed by atoms with E-state index in [1.165, 1.54) is 0 Å². The molecule has 0 heterocycles. The average Bonchev–Trinajstić information content (AvgIpc) is 2.30. The van der Waals surface area contributed by atoms with Gasteiger partial charge in [-0.05, 0) is 18.6 Å². The monoisotopic (exact) mass is 238 g/mol. The average molecular weight is 238 g/mol. The van der Waals surface area contributed by atoms with Crippen LogP contribution in [-0.2, 0) is 16.0 Å². The number of carbonyl (C=O) groups is 1. The van der Waals surface area contributed by atoms with E-state index in [0.717, 1.165) is 11.3 Å². The molecule has 0 aliphatic rings. The van der Waals surface area contributed by atoms with E-state index in [1.54, 1.807) is 14.0 Å². The van der Waals surface area contributed by atoms with Gasteiger partial charge in [-0.25, -0.2) is 4.79 Å². The molecule has 86 valence electrons. The quantitative estimate of drug-likeness (QED) is 0.582. The Hall–Kier alpha value is -1.42. The number of ether oxygens (including phenoxy) is 2. The minimum atomic E-state index is -0.427. The Kier molecular flexibility index (Phi) is 4.92. The lowest BCUT2D eigenvalue weighted by Crippen LogP contribution is -2.17. The summed E-state index contributed by atoms with van der Waals surface area (Å²) in [7, 11) is 1.59. The minimum Gasteiger partial charge on any atom is -0.496 e. The fraction of sp³-hybridized carbons (Fsp3) is 0.333. The zero-order chi connectivity index (χ0) is 12.0. The number of thiocarbonyl (C=S) groups is 1. The van der Waals surface area contributed by atoms with Crippen molar-refractivity contribution >= 4 is 23.1 Å². The summed E-state index contributed by atoms with van der Waals surface area (Å²) < 4.78 is 10.0. The molecule has 0 bridgehead atoms. The highest BCUT2D eigenvalue weighted by molar-refractivity contribution is 7.82. The summed E-state index contributed by atoms with van der Waals surface area (Å²) in [5.74, 6) is 0.303. The molecule has 0 N–H and O–H groups in total. The molecule has 0 aromatic heterocycles. The lowest BCUT2D eigenvalue weighted by Gasteiger charge is -2.08. The molecular weight excluding hydrogens is 224 g/mol. The summed E-state index contributed by atoms with van der Waals surface area (Å²) in [6.07, 6.45) is 0.373. The van der Waals surface area contributed by atoms with Gasteiger partial charge in [-0.3, -0.25) is 0 Å². The molecule has 0 saturated carbocycles. The fourth-order valence-electron chi connectivity index (χ4n) is 1.31. The third kappa shape index (κ3) is 3.31. The Labute approximate surface area is 100 Å². The first-order valence-electron chi connectivity index (χ1n) is 5.00. The van der Waals surface area contributed by atoms with Crippen LogP contribution in [0, 0.1) is 0 Å². The van der Waals surface area contributed by atoms with Crippen molar-refractivity contribution in [2.24, 2.45) is 0 Å². The number of esters is 1. The third-order valence-electron chi connectivity index (χ3n) is 2.05. The van der Waals surface area contributed by atoms with Crippen molar-refractivity contribution in [2.75, 3.05) is 13.7 Å². The van der Waals surface area contributed by atoms with Crippen LogP contribution in [0.5, 0.6) is 5.75 Å². The third-order valence-corrected chi connectivity index (χ3v) is 2.36. The first-order chi connectivity index (χ1) is 7.69. The van der Waals surface area contributed by atoms with E-state index in [1.807, 2.05) is 24.3 Å². The van der Waals surface area contributed by atoms with Crippen molar-refractivity contribution in [3.05, 3.63) is 29.8 Å². The second-order valence-corrected chi connectivity index (χ2v) is 3.63. The summed E-state index contributed by atoms with van der Waals surface area (Å²) in [5.41, 5.74) is 0.892. The molecule has 0 radical (unpaired) electrons. The highest BCUT2D eigenvalue weighted by Crippen LogP contribution is 2.18. The molecule has 0 aliphatic carbocycles. The van der Waals surface area contributed by atoms with Gasteiger partial charge in [0.1, 0.15) is 10.6 Å². The molecule has 0 atom stereocenters. The number of para-hydroxylation sites is 1. The smallest absolute Gasteiger partial charge is 0.345 e. The molecule has 16 heavy (non-hydrogen) atoms. The van der Waals surface area contributed by atoms with Gasteiger partial charge in [-0.1, -0.05) is 30.4 Å². The SMILES string of the molecule is CCOC(=O)C(=S)Cc1ccccc1OC. The number of benzene rings is 1. The van der Waals surface area contributed by atoms with Crippen molar-refractivity contribution in [3.8, 4) is 5.75 Å². The van der Waals surface area contributed by atoms with Gasteiger partial charge >= 0.3 is 5.97 Å². The standard InChI is InChI=1S/C12H14O3S/c1-3-15-12(13)11(16)8-9-6-4-5-7-10(9)14-2/h4-7H,3,8H2,1-2H3. The van der Waals surface area contributed by atoms with Crippen molar-refractivity contribution in [3.63, 3.8) is 0 Å². The van der Waals surface area contributed by atoms with Gasteiger partial charge in [0.25, 0.3) is 0 Å². The Balaban J connectivity index is 2.73. The molecule has 3 nitrogen and oxygen atoms in total. The Morgan fingerprint density at radius 3 is 2.69 bits per heavy atom. The highest BCUT2D eigenvalue weighted by Gasteiger charge is 2.12. The summed E-state index contributed by atoms with van der Waals surface area (Å²) in [4.78, 5) is 11.6. The summed E-state index contributed by atoms with van der Waals surface area (Å²) in [6, 6.07) is 7.47. The molecule has 4 heteroatoms. The molecular formula is C12H14O3S. The van der Waals surface area contributed by atoms with Crippen molar-refractivity contribution in [1.82, 2.24) is 0 Å². The second kappa shape index (κ2) is 6.23. The van der Waals surface area contributed by atoms with Crippen LogP contribution in [-0.4, -0.2) is 24.6 Å². The van der Waals surface area contributed by atoms with Gasteiger partial charge < -0.3 is 9.47 Å². The number of hydrogen-bond donors (Lipinski definition) is 0. The van der Waals surface area contributed by atoms with Crippen LogP contribution in [0.2, 0.25) is 0 Å². The zero-order valence-electron chi connectivity index (χ0n) is 9.36. The predicted octanol–water partition coefficient (Wildman–Crippen LogP) is 2.17. The Morgan fingerprint density at radius 2 is 2.06 bits per heavy atom. The van der Waals surface area contributed by atoms with Crippen LogP contribution < -0.4 is 4.74 Å². The number of methoxy groups -OCH3 is 1. The topological polar surface area (TPSA) is 35.5 Å². The van der Waals surface area contributed by atoms with Crippen molar-refractivity contribution < 1.29 is 14.3 Å². The molecule has 1 rings (SSSR count). The Morgan fingerprint density at radius 1 is 1.38 bits per heavy atom. The van der Waals surface area contributed by atoms with Gasteiger partial charge in [-0.15, -0.1) is 0 Å². The molecule has 0 fully saturated rings.